The van der Waals surface area contributed by atoms with E-state index < -0.39 is 0 Å². The Hall–Kier alpha value is -1.20. The second kappa shape index (κ2) is 5.43. The third-order valence-corrected chi connectivity index (χ3v) is 3.77. The van der Waals surface area contributed by atoms with Crippen LogP contribution in [0, 0.1) is 0 Å². The maximum absolute atomic E-state index is 5.76. The molecule has 2 fully saturated rings. The van der Waals surface area contributed by atoms with E-state index in [1.165, 1.54) is 0 Å². The molecule has 2 aliphatic rings. The first kappa shape index (κ1) is 12.8. The second-order valence-electron chi connectivity index (χ2n) is 5.52. The molecule has 0 amide bonds. The van der Waals surface area contributed by atoms with Crippen molar-refractivity contribution in [1.29, 1.82) is 0 Å². The maximum atomic E-state index is 5.76. The van der Waals surface area contributed by atoms with Gasteiger partial charge < -0.3 is 14.4 Å². The van der Waals surface area contributed by atoms with Gasteiger partial charge in [0.2, 0.25) is 0 Å². The van der Waals surface area contributed by atoms with Gasteiger partial charge in [-0.3, -0.25) is 0 Å². The largest absolute Gasteiger partial charge is 0.381 e. The fourth-order valence-corrected chi connectivity index (χ4v) is 2.89. The summed E-state index contributed by atoms with van der Waals surface area (Å²) in [6.07, 6.45) is 3.23. The number of morpholine rings is 1. The molecule has 0 bridgehead atoms. The van der Waals surface area contributed by atoms with Crippen molar-refractivity contribution in [2.45, 2.75) is 38.4 Å². The fourth-order valence-electron chi connectivity index (χ4n) is 2.89. The molecule has 1 aromatic rings. The van der Waals surface area contributed by atoms with Crippen LogP contribution in [0.2, 0.25) is 0 Å². The molecule has 0 unspecified atom stereocenters. The third-order valence-electron chi connectivity index (χ3n) is 3.77. The Labute approximate surface area is 113 Å². The summed E-state index contributed by atoms with van der Waals surface area (Å²) >= 11 is 0. The standard InChI is InChI=1S/C14H21N3O2/c1-10-6-17(7-11(2)19-10)14-5-13(15-9-16-14)12-3-4-18-8-12/h5,9-12H,3-4,6-8H2,1-2H3/t10-,11+,12-/m0/s1. The van der Waals surface area contributed by atoms with Crippen molar-refractivity contribution in [3.05, 3.63) is 18.1 Å². The van der Waals surface area contributed by atoms with E-state index in [-0.39, 0.29) is 12.2 Å². The zero-order chi connectivity index (χ0) is 13.2. The van der Waals surface area contributed by atoms with Crippen molar-refractivity contribution in [2.24, 2.45) is 0 Å². The van der Waals surface area contributed by atoms with Crippen molar-refractivity contribution in [3.63, 3.8) is 0 Å². The van der Waals surface area contributed by atoms with Gasteiger partial charge in [0.1, 0.15) is 12.1 Å². The molecule has 5 nitrogen and oxygen atoms in total. The van der Waals surface area contributed by atoms with E-state index >= 15 is 0 Å². The van der Waals surface area contributed by atoms with Gasteiger partial charge in [-0.05, 0) is 20.3 Å². The molecule has 3 heterocycles. The summed E-state index contributed by atoms with van der Waals surface area (Å²) in [6, 6.07) is 2.12. The van der Waals surface area contributed by atoms with Crippen LogP contribution < -0.4 is 4.90 Å². The van der Waals surface area contributed by atoms with Crippen LogP contribution in [0.5, 0.6) is 0 Å². The summed E-state index contributed by atoms with van der Waals surface area (Å²) in [7, 11) is 0. The van der Waals surface area contributed by atoms with E-state index in [9.17, 15) is 0 Å². The summed E-state index contributed by atoms with van der Waals surface area (Å²) < 4.78 is 11.2. The van der Waals surface area contributed by atoms with Gasteiger partial charge >= 0.3 is 0 Å². The summed E-state index contributed by atoms with van der Waals surface area (Å²) in [5.74, 6) is 1.44. The van der Waals surface area contributed by atoms with Crippen LogP contribution in [0.4, 0.5) is 5.82 Å². The second-order valence-corrected chi connectivity index (χ2v) is 5.52. The Kier molecular flexibility index (Phi) is 3.66. The molecule has 0 N–H and O–H groups in total. The summed E-state index contributed by atoms with van der Waals surface area (Å²) in [6.45, 7) is 7.62. The first-order valence-corrected chi connectivity index (χ1v) is 7.02. The van der Waals surface area contributed by atoms with Gasteiger partial charge in [-0.2, -0.15) is 0 Å². The lowest BCUT2D eigenvalue weighted by molar-refractivity contribution is -0.00547. The van der Waals surface area contributed by atoms with Crippen LogP contribution in [0.1, 0.15) is 31.9 Å². The molecule has 0 aliphatic carbocycles. The van der Waals surface area contributed by atoms with Crippen molar-refractivity contribution < 1.29 is 9.47 Å². The number of nitrogens with zero attached hydrogens (tertiary/aromatic N) is 3. The monoisotopic (exact) mass is 263 g/mol. The Balaban J connectivity index is 1.78. The molecule has 2 saturated heterocycles. The predicted molar refractivity (Wildman–Crippen MR) is 72.4 cm³/mol. The topological polar surface area (TPSA) is 47.5 Å². The summed E-state index contributed by atoms with van der Waals surface area (Å²) in [4.78, 5) is 11.1. The number of rotatable bonds is 2. The molecule has 19 heavy (non-hydrogen) atoms. The van der Waals surface area contributed by atoms with E-state index in [1.54, 1.807) is 6.33 Å². The molecule has 3 rings (SSSR count). The molecule has 0 spiro atoms. The van der Waals surface area contributed by atoms with E-state index in [4.69, 9.17) is 9.47 Å². The molecule has 104 valence electrons. The van der Waals surface area contributed by atoms with E-state index in [2.05, 4.69) is 34.8 Å². The van der Waals surface area contributed by atoms with Gasteiger partial charge in [-0.25, -0.2) is 9.97 Å². The highest BCUT2D eigenvalue weighted by Crippen LogP contribution is 2.26. The van der Waals surface area contributed by atoms with Crippen LogP contribution in [0.25, 0.3) is 0 Å². The summed E-state index contributed by atoms with van der Waals surface area (Å²) in [5, 5.41) is 0. The Morgan fingerprint density at radius 3 is 2.68 bits per heavy atom. The maximum Gasteiger partial charge on any atom is 0.132 e. The molecular weight excluding hydrogens is 242 g/mol. The van der Waals surface area contributed by atoms with Gasteiger partial charge in [0.15, 0.2) is 0 Å². The number of hydrogen-bond acceptors (Lipinski definition) is 5. The normalized spacial score (nSPS) is 31.7. The Morgan fingerprint density at radius 2 is 2.00 bits per heavy atom. The van der Waals surface area contributed by atoms with Crippen LogP contribution in [-0.2, 0) is 9.47 Å². The van der Waals surface area contributed by atoms with Crippen LogP contribution in [0.3, 0.4) is 0 Å². The predicted octanol–water partition coefficient (Wildman–Crippen LogP) is 1.59. The van der Waals surface area contributed by atoms with Gasteiger partial charge in [-0.1, -0.05) is 0 Å². The van der Waals surface area contributed by atoms with Crippen molar-refractivity contribution >= 4 is 5.82 Å². The Morgan fingerprint density at radius 1 is 1.21 bits per heavy atom. The van der Waals surface area contributed by atoms with Crippen molar-refractivity contribution in [1.82, 2.24) is 9.97 Å². The minimum absolute atomic E-state index is 0.247. The van der Waals surface area contributed by atoms with Gasteiger partial charge in [0, 0.05) is 31.7 Å². The van der Waals surface area contributed by atoms with E-state index in [0.717, 1.165) is 44.2 Å². The highest BCUT2D eigenvalue weighted by Gasteiger charge is 2.25. The third kappa shape index (κ3) is 2.87. The van der Waals surface area contributed by atoms with Crippen LogP contribution >= 0.6 is 0 Å². The minimum Gasteiger partial charge on any atom is -0.381 e. The molecule has 2 aliphatic heterocycles. The highest BCUT2D eigenvalue weighted by atomic mass is 16.5. The molecule has 5 heteroatoms. The molecule has 1 aromatic heterocycles. The lowest BCUT2D eigenvalue weighted by Gasteiger charge is -2.36. The number of anilines is 1. The molecule has 0 radical (unpaired) electrons. The fraction of sp³-hybridized carbons (Fsp3) is 0.714. The molecule has 3 atom stereocenters. The zero-order valence-electron chi connectivity index (χ0n) is 11.6. The Bertz CT molecular complexity index is 424. The van der Waals surface area contributed by atoms with Crippen molar-refractivity contribution in [2.75, 3.05) is 31.2 Å². The van der Waals surface area contributed by atoms with Crippen LogP contribution in [-0.4, -0.2) is 48.5 Å². The van der Waals surface area contributed by atoms with Gasteiger partial charge in [0.25, 0.3) is 0 Å². The molecular formula is C14H21N3O2. The summed E-state index contributed by atoms with van der Waals surface area (Å²) in [5.41, 5.74) is 1.11. The smallest absolute Gasteiger partial charge is 0.132 e. The lowest BCUT2D eigenvalue weighted by Crippen LogP contribution is -2.45. The molecule has 0 aromatic carbocycles. The first-order valence-electron chi connectivity index (χ1n) is 7.02. The molecule has 0 saturated carbocycles. The first-order chi connectivity index (χ1) is 9.22. The minimum atomic E-state index is 0.247. The van der Waals surface area contributed by atoms with Gasteiger partial charge in [-0.15, -0.1) is 0 Å². The quantitative estimate of drug-likeness (QED) is 0.811. The number of ether oxygens (including phenoxy) is 2. The highest BCUT2D eigenvalue weighted by molar-refractivity contribution is 5.40. The SMILES string of the molecule is C[C@@H]1CN(c2cc([C@H]3CCOC3)ncn2)C[C@H](C)O1. The van der Waals surface area contributed by atoms with Gasteiger partial charge in [0.05, 0.1) is 24.5 Å². The van der Waals surface area contributed by atoms with E-state index in [0.29, 0.717) is 5.92 Å². The average Bonchev–Trinajstić information content (AvgIpc) is 2.92. The van der Waals surface area contributed by atoms with Crippen molar-refractivity contribution in [3.8, 4) is 0 Å². The van der Waals surface area contributed by atoms with Crippen LogP contribution in [0.15, 0.2) is 12.4 Å². The average molecular weight is 263 g/mol. The lowest BCUT2D eigenvalue weighted by atomic mass is 10.0. The number of aromatic nitrogens is 2. The zero-order valence-corrected chi connectivity index (χ0v) is 11.6. The van der Waals surface area contributed by atoms with E-state index in [1.807, 2.05) is 0 Å². The number of hydrogen-bond donors (Lipinski definition) is 0.